The van der Waals surface area contributed by atoms with Gasteiger partial charge in [-0.3, -0.25) is 4.79 Å². The highest BCUT2D eigenvalue weighted by Crippen LogP contribution is 2.49. The summed E-state index contributed by atoms with van der Waals surface area (Å²) >= 11 is 0. The van der Waals surface area contributed by atoms with Crippen LogP contribution in [0.2, 0.25) is 0 Å². The van der Waals surface area contributed by atoms with E-state index >= 15 is 0 Å². The fraction of sp³-hybridized carbons (Fsp3) is 0.371. The maximum Gasteiger partial charge on any atom is 0.340 e. The third-order valence-electron chi connectivity index (χ3n) is 9.09. The molecule has 41 heavy (non-hydrogen) atoms. The lowest BCUT2D eigenvalue weighted by molar-refractivity contribution is -0.157. The molecule has 6 heteroatoms. The second kappa shape index (κ2) is 11.2. The zero-order valence-corrected chi connectivity index (χ0v) is 23.8. The molecule has 3 aromatic carbocycles. The monoisotopic (exact) mass is 551 g/mol. The van der Waals surface area contributed by atoms with Crippen molar-refractivity contribution in [2.45, 2.75) is 64.0 Å². The Hall–Kier alpha value is -3.90. The van der Waals surface area contributed by atoms with E-state index in [2.05, 4.69) is 12.1 Å². The van der Waals surface area contributed by atoms with Gasteiger partial charge in [0.05, 0.1) is 17.0 Å². The molecule has 1 N–H and O–H groups in total. The van der Waals surface area contributed by atoms with Crippen LogP contribution < -0.4 is 10.4 Å². The summed E-state index contributed by atoms with van der Waals surface area (Å²) in [6, 6.07) is 23.5. The third kappa shape index (κ3) is 5.29. The number of aliphatic hydroxyl groups is 1. The molecule has 2 fully saturated rings. The largest absolute Gasteiger partial charge is 0.483 e. The number of aryl methyl sites for hydroxylation is 2. The molecule has 0 bridgehead atoms. The molecule has 1 aliphatic heterocycles. The number of benzene rings is 3. The molecular weight excluding hydrogens is 514 g/mol. The van der Waals surface area contributed by atoms with Crippen LogP contribution in [-0.4, -0.2) is 34.7 Å². The van der Waals surface area contributed by atoms with Crippen molar-refractivity contribution >= 4 is 16.9 Å². The molecule has 1 amide bonds. The van der Waals surface area contributed by atoms with Gasteiger partial charge in [0.25, 0.3) is 5.91 Å². The normalized spacial score (nSPS) is 22.4. The lowest BCUT2D eigenvalue weighted by atomic mass is 9.66. The molecule has 0 spiro atoms. The number of ether oxygens (including phenoxy) is 1. The van der Waals surface area contributed by atoms with Crippen LogP contribution in [0.25, 0.3) is 11.0 Å². The van der Waals surface area contributed by atoms with Crippen molar-refractivity contribution in [1.29, 1.82) is 0 Å². The first-order chi connectivity index (χ1) is 19.8. The topological polar surface area (TPSA) is 80.0 Å². The Bertz CT molecular complexity index is 1610. The first-order valence-corrected chi connectivity index (χ1v) is 14.6. The van der Waals surface area contributed by atoms with Crippen molar-refractivity contribution in [1.82, 2.24) is 4.90 Å². The number of nitrogens with zero attached hydrogens (tertiary/aromatic N) is 1. The van der Waals surface area contributed by atoms with E-state index in [1.54, 1.807) is 0 Å². The Kier molecular flexibility index (Phi) is 7.43. The van der Waals surface area contributed by atoms with Crippen molar-refractivity contribution in [3.05, 3.63) is 111 Å². The zero-order chi connectivity index (χ0) is 28.6. The number of carbonyl (C=O) groups excluding carboxylic acids is 1. The first-order valence-electron chi connectivity index (χ1n) is 14.6. The highest BCUT2D eigenvalue weighted by atomic mass is 16.5. The summed E-state index contributed by atoms with van der Waals surface area (Å²) in [5.41, 5.74) is 3.69. The minimum absolute atomic E-state index is 0.00628. The molecule has 1 saturated carbocycles. The van der Waals surface area contributed by atoms with Gasteiger partial charge in [0.2, 0.25) is 0 Å². The summed E-state index contributed by atoms with van der Waals surface area (Å²) in [6.45, 7) is 4.18. The predicted octanol–water partition coefficient (Wildman–Crippen LogP) is 6.27. The van der Waals surface area contributed by atoms with Crippen LogP contribution >= 0.6 is 0 Å². The van der Waals surface area contributed by atoms with Gasteiger partial charge in [-0.2, -0.15) is 0 Å². The van der Waals surface area contributed by atoms with Gasteiger partial charge < -0.3 is 19.2 Å². The molecule has 1 aromatic heterocycles. The summed E-state index contributed by atoms with van der Waals surface area (Å²) in [7, 11) is 0. The highest BCUT2D eigenvalue weighted by Gasteiger charge is 2.50. The molecule has 1 saturated heterocycles. The van der Waals surface area contributed by atoms with Crippen LogP contribution in [0.4, 0.5) is 0 Å². The summed E-state index contributed by atoms with van der Waals surface area (Å²) in [5, 5.41) is 12.3. The molecule has 6 rings (SSSR count). The number of fused-ring (bicyclic) bond motifs is 2. The third-order valence-corrected chi connectivity index (χ3v) is 9.09. The van der Waals surface area contributed by atoms with Crippen LogP contribution in [0.15, 0.2) is 82.0 Å². The Balaban J connectivity index is 1.31. The molecule has 0 radical (unpaired) electrons. The fourth-order valence-corrected chi connectivity index (χ4v) is 7.00. The standard InChI is InChI=1S/C35H37NO5/c1-23-19-29(32-24(2)27(34(38)41-30(32)20-23)21-25-11-5-3-6-12-25)40-22-31(37)36-18-17-35(39)16-10-9-15-28(35)33(36)26-13-7-4-8-14-26/h3-8,11-14,19-20,28,33,39H,9-10,15-18,21-22H2,1-2H3/t28-,33+,35+/m1/s1. The van der Waals surface area contributed by atoms with E-state index in [4.69, 9.17) is 9.15 Å². The molecule has 2 heterocycles. The van der Waals surface area contributed by atoms with Gasteiger partial charge in [0, 0.05) is 24.4 Å². The van der Waals surface area contributed by atoms with E-state index < -0.39 is 5.60 Å². The van der Waals surface area contributed by atoms with E-state index in [1.807, 2.05) is 79.4 Å². The number of carbonyl (C=O) groups is 1. The van der Waals surface area contributed by atoms with E-state index in [1.165, 1.54) is 0 Å². The molecule has 1 aliphatic carbocycles. The van der Waals surface area contributed by atoms with Crippen molar-refractivity contribution in [2.75, 3.05) is 13.2 Å². The Labute approximate surface area is 240 Å². The smallest absolute Gasteiger partial charge is 0.340 e. The van der Waals surface area contributed by atoms with Crippen LogP contribution in [0.5, 0.6) is 5.75 Å². The lowest BCUT2D eigenvalue weighted by Crippen LogP contribution is -2.56. The Morgan fingerprint density at radius 2 is 1.76 bits per heavy atom. The van der Waals surface area contributed by atoms with E-state index in [9.17, 15) is 14.7 Å². The summed E-state index contributed by atoms with van der Waals surface area (Å²) in [4.78, 5) is 28.7. The lowest BCUT2D eigenvalue weighted by Gasteiger charge is -2.52. The van der Waals surface area contributed by atoms with Crippen molar-refractivity contribution in [2.24, 2.45) is 5.92 Å². The first kappa shape index (κ1) is 27.3. The molecule has 6 nitrogen and oxygen atoms in total. The second-order valence-electron chi connectivity index (χ2n) is 11.7. The molecule has 3 atom stereocenters. The summed E-state index contributed by atoms with van der Waals surface area (Å²) < 4.78 is 12.0. The van der Waals surface area contributed by atoms with Gasteiger partial charge >= 0.3 is 5.63 Å². The molecule has 212 valence electrons. The maximum atomic E-state index is 13.8. The number of hydrogen-bond acceptors (Lipinski definition) is 5. The zero-order valence-electron chi connectivity index (χ0n) is 23.8. The van der Waals surface area contributed by atoms with Crippen LogP contribution in [0.3, 0.4) is 0 Å². The Morgan fingerprint density at radius 1 is 1.02 bits per heavy atom. The Morgan fingerprint density at radius 3 is 2.51 bits per heavy atom. The minimum Gasteiger partial charge on any atom is -0.483 e. The predicted molar refractivity (Wildman–Crippen MR) is 159 cm³/mol. The molecule has 2 aliphatic rings. The van der Waals surface area contributed by atoms with Crippen molar-refractivity contribution in [3.63, 3.8) is 0 Å². The highest BCUT2D eigenvalue weighted by molar-refractivity contribution is 5.89. The van der Waals surface area contributed by atoms with Gasteiger partial charge in [-0.05, 0) is 67.5 Å². The van der Waals surface area contributed by atoms with E-state index in [0.717, 1.165) is 47.9 Å². The van der Waals surface area contributed by atoms with E-state index in [-0.39, 0.29) is 30.1 Å². The van der Waals surface area contributed by atoms with Crippen molar-refractivity contribution < 1.29 is 19.1 Å². The van der Waals surface area contributed by atoms with Gasteiger partial charge in [-0.1, -0.05) is 73.5 Å². The molecular formula is C35H37NO5. The number of amides is 1. The van der Waals surface area contributed by atoms with Gasteiger partial charge in [0.15, 0.2) is 6.61 Å². The average Bonchev–Trinajstić information content (AvgIpc) is 2.97. The minimum atomic E-state index is -0.743. The van der Waals surface area contributed by atoms with Gasteiger partial charge in [-0.25, -0.2) is 4.79 Å². The second-order valence-corrected chi connectivity index (χ2v) is 11.7. The van der Waals surface area contributed by atoms with Crippen LogP contribution in [0.1, 0.15) is 66.0 Å². The summed E-state index contributed by atoms with van der Waals surface area (Å²) in [6.07, 6.45) is 4.78. The summed E-state index contributed by atoms with van der Waals surface area (Å²) in [5.74, 6) is 0.417. The number of piperidine rings is 1. The SMILES string of the molecule is Cc1cc(OCC(=O)N2CC[C@@]3(O)CCCC[C@@H]3[C@@H]2c2ccccc2)c2c(C)c(Cc3ccccc3)c(=O)oc2c1. The molecule has 0 unspecified atom stereocenters. The number of rotatable bonds is 6. The van der Waals surface area contributed by atoms with Crippen LogP contribution in [0, 0.1) is 19.8 Å². The molecule has 4 aromatic rings. The van der Waals surface area contributed by atoms with Crippen molar-refractivity contribution in [3.8, 4) is 5.75 Å². The van der Waals surface area contributed by atoms with Gasteiger partial charge in [-0.15, -0.1) is 0 Å². The van der Waals surface area contributed by atoms with Crippen LogP contribution in [-0.2, 0) is 11.2 Å². The van der Waals surface area contributed by atoms with E-state index in [0.29, 0.717) is 41.7 Å². The number of likely N-dealkylation sites (tertiary alicyclic amines) is 1. The average molecular weight is 552 g/mol. The maximum absolute atomic E-state index is 13.8. The number of hydrogen-bond donors (Lipinski definition) is 1. The van der Waals surface area contributed by atoms with Gasteiger partial charge in [0.1, 0.15) is 11.3 Å². The fourth-order valence-electron chi connectivity index (χ4n) is 7.00. The quantitative estimate of drug-likeness (QED) is 0.286.